The first-order chi connectivity index (χ1) is 33.5. The number of anilines is 1. The second-order valence-electron chi connectivity index (χ2n) is 18.5. The molecule has 4 heterocycles. The number of aromatic hydroxyl groups is 1. The summed E-state index contributed by atoms with van der Waals surface area (Å²) in [6, 6.07) is 32.5. The summed E-state index contributed by atoms with van der Waals surface area (Å²) in [5.41, 5.74) is 1.58. The summed E-state index contributed by atoms with van der Waals surface area (Å²) in [7, 11) is 2.81. The highest BCUT2D eigenvalue weighted by Gasteiger charge is 2.76. The van der Waals surface area contributed by atoms with Gasteiger partial charge in [0.25, 0.3) is 0 Å². The van der Waals surface area contributed by atoms with Crippen LogP contribution in [0.3, 0.4) is 0 Å². The fourth-order valence-corrected chi connectivity index (χ4v) is 10.9. The number of rotatable bonds is 8. The minimum Gasteiger partial charge on any atom is -0.508 e. The van der Waals surface area contributed by atoms with Crippen molar-refractivity contribution in [3.8, 4) is 23.3 Å². The highest BCUT2D eigenvalue weighted by Crippen LogP contribution is 2.66. The van der Waals surface area contributed by atoms with Crippen molar-refractivity contribution < 1.29 is 43.3 Å². The number of phenols is 1. The molecular weight excluding hydrogens is 873 g/mol. The maximum absolute atomic E-state index is 16.7. The molecule has 9 rings (SSSR count). The minimum absolute atomic E-state index is 0.0341. The van der Waals surface area contributed by atoms with E-state index >= 15 is 19.2 Å². The van der Waals surface area contributed by atoms with E-state index in [0.717, 1.165) is 42.6 Å². The van der Waals surface area contributed by atoms with E-state index in [2.05, 4.69) is 17.2 Å². The van der Waals surface area contributed by atoms with Gasteiger partial charge in [0.05, 0.1) is 37.9 Å². The molecule has 3 saturated heterocycles. The number of esters is 2. The Morgan fingerprint density at radius 3 is 1.97 bits per heavy atom. The number of imide groups is 1. The highest BCUT2D eigenvalue weighted by atomic mass is 16.6. The number of cyclic esters (lactones) is 1. The average Bonchev–Trinajstić information content (AvgIpc) is 3.81. The number of nitrogens with one attached hydrogen (secondary N) is 1. The topological polar surface area (TPSA) is 155 Å². The van der Waals surface area contributed by atoms with Gasteiger partial charge >= 0.3 is 18.0 Å². The fourth-order valence-electron chi connectivity index (χ4n) is 10.9. The summed E-state index contributed by atoms with van der Waals surface area (Å²) in [6.45, 7) is 4.31. The quantitative estimate of drug-likeness (QED) is 0.115. The van der Waals surface area contributed by atoms with Gasteiger partial charge < -0.3 is 29.5 Å². The molecule has 4 amide bonds. The number of fused-ring (bicyclic) bond motifs is 3. The first-order valence-corrected chi connectivity index (χ1v) is 23.7. The van der Waals surface area contributed by atoms with Crippen LogP contribution < -0.4 is 15.0 Å². The molecule has 2 N–H and O–H groups in total. The molecule has 13 heteroatoms. The van der Waals surface area contributed by atoms with Crippen LogP contribution in [0.25, 0.3) is 0 Å². The summed E-state index contributed by atoms with van der Waals surface area (Å²) in [5.74, 6) is 2.65. The molecule has 7 unspecified atom stereocenters. The molecule has 7 atom stereocenters. The predicted molar refractivity (Wildman–Crippen MR) is 258 cm³/mol. The molecule has 4 aliphatic rings. The molecule has 0 saturated carbocycles. The minimum atomic E-state index is -2.03. The van der Waals surface area contributed by atoms with E-state index in [9.17, 15) is 9.90 Å². The number of benzene rings is 5. The number of ether oxygens (including phenoxy) is 3. The van der Waals surface area contributed by atoms with Crippen molar-refractivity contribution in [2.45, 2.75) is 81.6 Å². The SMILES string of the molecule is COC(=O)C(NC(=O)N1C(=O)C2(c3cc(C#Cc4ccc(OC)cc4)ccc31)C(C(=O)N1CCCCCCC1)C1C(=O)OC(c3ccccc3)C(c3ccccc3)N1C2c1ccc(O)cc1)C(C)C. The average molecular weight is 929 g/mol. The number of hydrogen-bond donors (Lipinski definition) is 2. The van der Waals surface area contributed by atoms with Crippen molar-refractivity contribution in [2.24, 2.45) is 11.8 Å². The lowest BCUT2D eigenvalue weighted by atomic mass is 9.64. The van der Waals surface area contributed by atoms with Crippen LogP contribution in [0, 0.1) is 23.7 Å². The van der Waals surface area contributed by atoms with Crippen molar-refractivity contribution >= 4 is 35.5 Å². The van der Waals surface area contributed by atoms with E-state index in [1.165, 1.54) is 19.2 Å². The lowest BCUT2D eigenvalue weighted by molar-refractivity contribution is -0.179. The summed E-state index contributed by atoms with van der Waals surface area (Å²) >= 11 is 0. The Kier molecular flexibility index (Phi) is 13.3. The predicted octanol–water partition coefficient (Wildman–Crippen LogP) is 8.17. The van der Waals surface area contributed by atoms with Gasteiger partial charge in [-0.25, -0.2) is 14.5 Å². The molecule has 0 aliphatic carbocycles. The monoisotopic (exact) mass is 928 g/mol. The van der Waals surface area contributed by atoms with Crippen molar-refractivity contribution in [1.82, 2.24) is 15.1 Å². The van der Waals surface area contributed by atoms with Crippen molar-refractivity contribution in [1.29, 1.82) is 0 Å². The third-order valence-corrected chi connectivity index (χ3v) is 14.1. The van der Waals surface area contributed by atoms with Gasteiger partial charge in [-0.1, -0.05) is 118 Å². The Morgan fingerprint density at radius 1 is 0.739 bits per heavy atom. The molecule has 13 nitrogen and oxygen atoms in total. The standard InChI is InChI=1S/C56H56N4O9/c1-35(2)46(52(63)68-4)57-55(66)59-44-31-24-37(21-20-36-22-29-42(67-3)30-23-36)34-43(44)56(54(59)65)45(51(62)58-32-14-6-5-7-15-33-58)48-53(64)69-49(39-18-12-9-13-19-39)47(38-16-10-8-11-17-38)60(48)50(56)40-25-27-41(61)28-26-40/h8-13,16-19,22-31,34-35,45-50,61H,5-7,14-15,32-33H2,1-4H3,(H,57,66). The molecule has 0 radical (unpaired) electrons. The Balaban J connectivity index is 1.35. The molecule has 4 aliphatic heterocycles. The number of phenolic OH excluding ortho intramolecular Hbond substituents is 1. The summed E-state index contributed by atoms with van der Waals surface area (Å²) in [5, 5.41) is 13.6. The van der Waals surface area contributed by atoms with Gasteiger partial charge in [0.2, 0.25) is 11.8 Å². The molecule has 0 aromatic heterocycles. The number of morpholine rings is 1. The summed E-state index contributed by atoms with van der Waals surface area (Å²) in [4.78, 5) is 81.5. The van der Waals surface area contributed by atoms with Gasteiger partial charge in [0.1, 0.15) is 35.1 Å². The second kappa shape index (κ2) is 19.7. The highest BCUT2D eigenvalue weighted by molar-refractivity contribution is 6.25. The van der Waals surface area contributed by atoms with E-state index in [-0.39, 0.29) is 11.4 Å². The Labute approximate surface area is 402 Å². The zero-order chi connectivity index (χ0) is 48.4. The van der Waals surface area contributed by atoms with Gasteiger partial charge in [-0.2, -0.15) is 0 Å². The zero-order valence-corrected chi connectivity index (χ0v) is 39.2. The zero-order valence-electron chi connectivity index (χ0n) is 39.2. The van der Waals surface area contributed by atoms with Gasteiger partial charge in [-0.05, 0) is 95.6 Å². The van der Waals surface area contributed by atoms with Crippen LogP contribution in [-0.4, -0.2) is 84.1 Å². The van der Waals surface area contributed by atoms with Crippen molar-refractivity contribution in [3.63, 3.8) is 0 Å². The Morgan fingerprint density at radius 2 is 1.35 bits per heavy atom. The second-order valence-corrected chi connectivity index (χ2v) is 18.5. The molecular formula is C56H56N4O9. The van der Waals surface area contributed by atoms with Crippen LogP contribution >= 0.6 is 0 Å². The van der Waals surface area contributed by atoms with Crippen molar-refractivity contribution in [3.05, 3.63) is 161 Å². The van der Waals surface area contributed by atoms with Crippen LogP contribution in [0.5, 0.6) is 11.5 Å². The molecule has 1 spiro atoms. The van der Waals surface area contributed by atoms with E-state index in [4.69, 9.17) is 14.2 Å². The number of likely N-dealkylation sites (tertiary alicyclic amines) is 1. The number of urea groups is 1. The number of amides is 4. The first-order valence-electron chi connectivity index (χ1n) is 23.7. The van der Waals surface area contributed by atoms with E-state index < -0.39 is 77.3 Å². The molecule has 5 aromatic carbocycles. The smallest absolute Gasteiger partial charge is 0.329 e. The van der Waals surface area contributed by atoms with Crippen LogP contribution in [0.4, 0.5) is 10.5 Å². The number of hydrogen-bond acceptors (Lipinski definition) is 10. The van der Waals surface area contributed by atoms with Crippen LogP contribution in [0.1, 0.15) is 97.5 Å². The van der Waals surface area contributed by atoms with Crippen molar-refractivity contribution in [2.75, 3.05) is 32.2 Å². The van der Waals surface area contributed by atoms with E-state index in [1.807, 2.05) is 77.7 Å². The Bertz CT molecular complexity index is 2780. The third kappa shape index (κ3) is 8.48. The number of carbonyl (C=O) groups is 5. The van der Waals surface area contributed by atoms with E-state index in [0.29, 0.717) is 46.7 Å². The van der Waals surface area contributed by atoms with Gasteiger partial charge in [-0.15, -0.1) is 0 Å². The number of methoxy groups -OCH3 is 2. The molecule has 69 heavy (non-hydrogen) atoms. The molecule has 354 valence electrons. The maximum Gasteiger partial charge on any atom is 0.329 e. The first kappa shape index (κ1) is 46.7. The summed E-state index contributed by atoms with van der Waals surface area (Å²) in [6.07, 6.45) is 3.38. The van der Waals surface area contributed by atoms with Crippen LogP contribution in [0.15, 0.2) is 127 Å². The van der Waals surface area contributed by atoms with Crippen LogP contribution in [0.2, 0.25) is 0 Å². The molecule has 5 aromatic rings. The normalized spacial score (nSPS) is 23.7. The van der Waals surface area contributed by atoms with Gasteiger partial charge in [0.15, 0.2) is 0 Å². The molecule has 0 bridgehead atoms. The lowest BCUT2D eigenvalue weighted by Crippen LogP contribution is -2.58. The fraction of sp³-hybridized carbons (Fsp3) is 0.339. The molecule has 3 fully saturated rings. The van der Waals surface area contributed by atoms with Gasteiger partial charge in [-0.3, -0.25) is 19.3 Å². The van der Waals surface area contributed by atoms with E-state index in [1.54, 1.807) is 68.3 Å². The largest absolute Gasteiger partial charge is 0.508 e. The van der Waals surface area contributed by atoms with Gasteiger partial charge in [0, 0.05) is 24.2 Å². The Hall–Kier alpha value is -7.43. The lowest BCUT2D eigenvalue weighted by Gasteiger charge is -2.46. The van der Waals surface area contributed by atoms with Crippen LogP contribution in [-0.2, 0) is 34.1 Å². The summed E-state index contributed by atoms with van der Waals surface area (Å²) < 4.78 is 17.1. The number of nitrogens with zero attached hydrogens (tertiary/aromatic N) is 3. The maximum atomic E-state index is 16.7. The third-order valence-electron chi connectivity index (χ3n) is 14.1. The number of carbonyl (C=O) groups excluding carboxylic acids is 5.